The van der Waals surface area contributed by atoms with Crippen molar-refractivity contribution < 1.29 is 19.0 Å². The van der Waals surface area contributed by atoms with Crippen molar-refractivity contribution in [3.05, 3.63) is 23.8 Å². The Morgan fingerprint density at radius 2 is 1.81 bits per heavy atom. The van der Waals surface area contributed by atoms with Gasteiger partial charge < -0.3 is 19.9 Å². The van der Waals surface area contributed by atoms with Gasteiger partial charge in [0.25, 0.3) is 0 Å². The summed E-state index contributed by atoms with van der Waals surface area (Å²) in [7, 11) is 2.93. The van der Waals surface area contributed by atoms with Crippen molar-refractivity contribution >= 4 is 5.97 Å². The molecule has 0 amide bonds. The van der Waals surface area contributed by atoms with Gasteiger partial charge in [-0.2, -0.15) is 0 Å². The minimum Gasteiger partial charge on any atom is -0.497 e. The highest BCUT2D eigenvalue weighted by Gasteiger charge is 2.31. The minimum absolute atomic E-state index is 0.0368. The summed E-state index contributed by atoms with van der Waals surface area (Å²) in [4.78, 5) is 11.6. The van der Waals surface area contributed by atoms with Gasteiger partial charge in [-0.05, 0) is 30.5 Å². The molecule has 0 saturated carbocycles. The van der Waals surface area contributed by atoms with E-state index in [9.17, 15) is 4.79 Å². The van der Waals surface area contributed by atoms with Gasteiger partial charge in [0, 0.05) is 5.56 Å². The van der Waals surface area contributed by atoms with Gasteiger partial charge in [0.1, 0.15) is 23.6 Å². The van der Waals surface area contributed by atoms with Crippen molar-refractivity contribution in [3.8, 4) is 11.5 Å². The SMILES string of the molecule is COC(=O)C(C)(N)COc1ccc(OC)cc1C(C)(C)C. The molecule has 1 rings (SSSR count). The molecule has 0 aromatic heterocycles. The average Bonchev–Trinajstić information content (AvgIpc) is 2.43. The molecule has 1 atom stereocenters. The van der Waals surface area contributed by atoms with E-state index in [0.717, 1.165) is 11.3 Å². The summed E-state index contributed by atoms with van der Waals surface area (Å²) >= 11 is 0. The van der Waals surface area contributed by atoms with E-state index in [2.05, 4.69) is 25.5 Å². The van der Waals surface area contributed by atoms with Crippen LogP contribution in [-0.2, 0) is 14.9 Å². The largest absolute Gasteiger partial charge is 0.497 e. The Bertz CT molecular complexity index is 503. The maximum Gasteiger partial charge on any atom is 0.329 e. The van der Waals surface area contributed by atoms with E-state index in [4.69, 9.17) is 15.2 Å². The van der Waals surface area contributed by atoms with Gasteiger partial charge >= 0.3 is 5.97 Å². The molecule has 0 heterocycles. The fourth-order valence-corrected chi connectivity index (χ4v) is 1.87. The highest BCUT2D eigenvalue weighted by atomic mass is 16.5. The normalized spacial score (nSPS) is 14.2. The third kappa shape index (κ3) is 4.36. The first-order valence-electron chi connectivity index (χ1n) is 6.80. The molecule has 1 unspecified atom stereocenters. The fourth-order valence-electron chi connectivity index (χ4n) is 1.87. The maximum absolute atomic E-state index is 11.6. The molecule has 0 fully saturated rings. The fraction of sp³-hybridized carbons (Fsp3) is 0.562. The number of nitrogens with two attached hydrogens (primary N) is 1. The van der Waals surface area contributed by atoms with Gasteiger partial charge in [0.05, 0.1) is 14.2 Å². The molecule has 1 aromatic rings. The second kappa shape index (κ2) is 6.35. The molecular weight excluding hydrogens is 270 g/mol. The number of hydrogen-bond acceptors (Lipinski definition) is 5. The monoisotopic (exact) mass is 295 g/mol. The van der Waals surface area contributed by atoms with E-state index < -0.39 is 11.5 Å². The number of carbonyl (C=O) groups is 1. The van der Waals surface area contributed by atoms with Crippen LogP contribution in [0.1, 0.15) is 33.3 Å². The second-order valence-electron chi connectivity index (χ2n) is 6.31. The van der Waals surface area contributed by atoms with E-state index >= 15 is 0 Å². The predicted octanol–water partition coefficient (Wildman–Crippen LogP) is 2.26. The Balaban J connectivity index is 3.01. The zero-order valence-electron chi connectivity index (χ0n) is 13.6. The lowest BCUT2D eigenvalue weighted by atomic mass is 9.86. The summed E-state index contributed by atoms with van der Waals surface area (Å²) < 4.78 is 15.7. The Labute approximate surface area is 126 Å². The molecule has 0 aliphatic carbocycles. The van der Waals surface area contributed by atoms with Crippen LogP contribution in [0.4, 0.5) is 0 Å². The van der Waals surface area contributed by atoms with E-state index in [-0.39, 0.29) is 12.0 Å². The van der Waals surface area contributed by atoms with Gasteiger partial charge in [-0.3, -0.25) is 0 Å². The van der Waals surface area contributed by atoms with Crippen LogP contribution in [-0.4, -0.2) is 32.3 Å². The van der Waals surface area contributed by atoms with Crippen molar-refractivity contribution in [2.24, 2.45) is 5.73 Å². The van der Waals surface area contributed by atoms with Crippen LogP contribution in [0.3, 0.4) is 0 Å². The van der Waals surface area contributed by atoms with Crippen molar-refractivity contribution in [2.75, 3.05) is 20.8 Å². The smallest absolute Gasteiger partial charge is 0.329 e. The van der Waals surface area contributed by atoms with Crippen LogP contribution < -0.4 is 15.2 Å². The minimum atomic E-state index is -1.19. The molecule has 5 heteroatoms. The van der Waals surface area contributed by atoms with Crippen molar-refractivity contribution in [2.45, 2.75) is 38.6 Å². The number of carbonyl (C=O) groups excluding carboxylic acids is 1. The molecule has 118 valence electrons. The first kappa shape index (κ1) is 17.3. The Kier molecular flexibility index (Phi) is 5.23. The van der Waals surface area contributed by atoms with Crippen molar-refractivity contribution in [1.29, 1.82) is 0 Å². The molecule has 0 aliphatic rings. The summed E-state index contributed by atoms with van der Waals surface area (Å²) in [5, 5.41) is 0. The second-order valence-corrected chi connectivity index (χ2v) is 6.31. The molecule has 21 heavy (non-hydrogen) atoms. The van der Waals surface area contributed by atoms with E-state index in [1.807, 2.05) is 18.2 Å². The Morgan fingerprint density at radius 1 is 1.19 bits per heavy atom. The lowest BCUT2D eigenvalue weighted by Crippen LogP contribution is -2.50. The highest BCUT2D eigenvalue weighted by molar-refractivity contribution is 5.80. The summed E-state index contributed by atoms with van der Waals surface area (Å²) in [6.45, 7) is 7.86. The lowest BCUT2D eigenvalue weighted by Gasteiger charge is -2.26. The van der Waals surface area contributed by atoms with Crippen LogP contribution in [0.25, 0.3) is 0 Å². The highest BCUT2D eigenvalue weighted by Crippen LogP contribution is 2.34. The predicted molar refractivity (Wildman–Crippen MR) is 81.8 cm³/mol. The van der Waals surface area contributed by atoms with Gasteiger partial charge in [-0.25, -0.2) is 4.79 Å². The Morgan fingerprint density at radius 3 is 2.29 bits per heavy atom. The number of hydrogen-bond donors (Lipinski definition) is 1. The quantitative estimate of drug-likeness (QED) is 0.844. The van der Waals surface area contributed by atoms with E-state index in [1.54, 1.807) is 14.0 Å². The van der Waals surface area contributed by atoms with Crippen LogP contribution in [0.15, 0.2) is 18.2 Å². The van der Waals surface area contributed by atoms with Crippen LogP contribution in [0, 0.1) is 0 Å². The molecule has 0 bridgehead atoms. The average molecular weight is 295 g/mol. The Hall–Kier alpha value is -1.75. The third-order valence-electron chi connectivity index (χ3n) is 3.17. The van der Waals surface area contributed by atoms with Gasteiger partial charge in [-0.1, -0.05) is 20.8 Å². The maximum atomic E-state index is 11.6. The van der Waals surface area contributed by atoms with Gasteiger partial charge in [0.15, 0.2) is 0 Å². The molecule has 2 N–H and O–H groups in total. The molecule has 0 spiro atoms. The van der Waals surface area contributed by atoms with Crippen molar-refractivity contribution in [3.63, 3.8) is 0 Å². The number of rotatable bonds is 5. The summed E-state index contributed by atoms with van der Waals surface area (Å²) in [5.41, 5.74) is 5.58. The number of ether oxygens (including phenoxy) is 3. The number of methoxy groups -OCH3 is 2. The topological polar surface area (TPSA) is 70.8 Å². The number of benzene rings is 1. The van der Waals surface area contributed by atoms with E-state index in [0.29, 0.717) is 5.75 Å². The molecule has 0 aliphatic heterocycles. The lowest BCUT2D eigenvalue weighted by molar-refractivity contribution is -0.147. The van der Waals surface area contributed by atoms with Crippen molar-refractivity contribution in [1.82, 2.24) is 0 Å². The standard InChI is InChI=1S/C16H25NO4/c1-15(2,3)12-9-11(19-5)7-8-13(12)21-10-16(4,17)14(18)20-6/h7-9H,10,17H2,1-6H3. The summed E-state index contributed by atoms with van der Waals surface area (Å²) in [5.74, 6) is 0.938. The van der Waals surface area contributed by atoms with Crippen LogP contribution in [0.2, 0.25) is 0 Å². The van der Waals surface area contributed by atoms with Crippen LogP contribution in [0.5, 0.6) is 11.5 Å². The third-order valence-corrected chi connectivity index (χ3v) is 3.17. The summed E-state index contributed by atoms with van der Waals surface area (Å²) in [6.07, 6.45) is 0. The van der Waals surface area contributed by atoms with Crippen LogP contribution >= 0.6 is 0 Å². The molecule has 5 nitrogen and oxygen atoms in total. The molecule has 1 aromatic carbocycles. The first-order valence-corrected chi connectivity index (χ1v) is 6.80. The zero-order valence-corrected chi connectivity index (χ0v) is 13.6. The first-order chi connectivity index (χ1) is 9.61. The number of esters is 1. The summed E-state index contributed by atoms with van der Waals surface area (Å²) in [6, 6.07) is 5.57. The van der Waals surface area contributed by atoms with Gasteiger partial charge in [0.2, 0.25) is 0 Å². The van der Waals surface area contributed by atoms with E-state index in [1.165, 1.54) is 7.11 Å². The molecular formula is C16H25NO4. The zero-order chi connectivity index (χ0) is 16.3. The molecule has 0 saturated heterocycles. The van der Waals surface area contributed by atoms with Gasteiger partial charge in [-0.15, -0.1) is 0 Å². The molecule has 0 radical (unpaired) electrons.